The molecular formula is C18H27N3O2S. The van der Waals surface area contributed by atoms with Crippen LogP contribution < -0.4 is 15.4 Å². The van der Waals surface area contributed by atoms with Crippen molar-refractivity contribution in [3.05, 3.63) is 29.8 Å². The molecule has 3 N–H and O–H groups in total. The third-order valence-corrected chi connectivity index (χ3v) is 5.81. The van der Waals surface area contributed by atoms with Crippen LogP contribution in [0.25, 0.3) is 0 Å². The van der Waals surface area contributed by atoms with E-state index in [2.05, 4.69) is 35.5 Å². The summed E-state index contributed by atoms with van der Waals surface area (Å²) in [6, 6.07) is 8.27. The predicted molar refractivity (Wildman–Crippen MR) is 99.9 cm³/mol. The molecule has 2 atom stereocenters. The molecule has 24 heavy (non-hydrogen) atoms. The summed E-state index contributed by atoms with van der Waals surface area (Å²) >= 11 is 1.80. The van der Waals surface area contributed by atoms with Crippen LogP contribution in [0.5, 0.6) is 5.75 Å². The topological polar surface area (TPSA) is 65.9 Å². The fraction of sp³-hybridized carbons (Fsp3) is 0.611. The first-order valence-corrected chi connectivity index (χ1v) is 9.62. The van der Waals surface area contributed by atoms with Gasteiger partial charge in [0.15, 0.2) is 5.96 Å². The predicted octanol–water partition coefficient (Wildman–Crippen LogP) is 2.32. The Morgan fingerprint density at radius 1 is 1.42 bits per heavy atom. The third-order valence-electron chi connectivity index (χ3n) is 4.58. The summed E-state index contributed by atoms with van der Waals surface area (Å²) in [6.07, 6.45) is 1.68. The number of fused-ring (bicyclic) bond motifs is 1. The zero-order valence-corrected chi connectivity index (χ0v) is 15.4. The van der Waals surface area contributed by atoms with Gasteiger partial charge < -0.3 is 20.5 Å². The second kappa shape index (κ2) is 6.84. The number of thioether (sulfide) groups is 1. The van der Waals surface area contributed by atoms with Gasteiger partial charge in [-0.1, -0.05) is 18.2 Å². The van der Waals surface area contributed by atoms with Crippen molar-refractivity contribution < 1.29 is 9.84 Å². The molecule has 5 nitrogen and oxygen atoms in total. The van der Waals surface area contributed by atoms with Crippen LogP contribution in [-0.4, -0.2) is 47.4 Å². The molecule has 1 aromatic rings. The molecule has 1 fully saturated rings. The molecule has 1 saturated heterocycles. The first-order chi connectivity index (χ1) is 11.4. The van der Waals surface area contributed by atoms with Crippen molar-refractivity contribution in [2.75, 3.05) is 25.1 Å². The number of para-hydroxylation sites is 1. The van der Waals surface area contributed by atoms with Crippen LogP contribution in [0.1, 0.15) is 38.3 Å². The number of nitrogens with zero attached hydrogens (tertiary/aromatic N) is 1. The summed E-state index contributed by atoms with van der Waals surface area (Å²) in [6.45, 7) is 4.73. The molecular weight excluding hydrogens is 322 g/mol. The lowest BCUT2D eigenvalue weighted by atomic mass is 9.90. The van der Waals surface area contributed by atoms with Crippen molar-refractivity contribution >= 4 is 17.7 Å². The molecule has 1 aromatic carbocycles. The number of guanidine groups is 1. The zero-order chi connectivity index (χ0) is 17.2. The maximum absolute atomic E-state index is 10.5. The van der Waals surface area contributed by atoms with Gasteiger partial charge in [0, 0.05) is 31.3 Å². The summed E-state index contributed by atoms with van der Waals surface area (Å²) < 4.78 is 6.08. The minimum atomic E-state index is -0.630. The van der Waals surface area contributed by atoms with Crippen LogP contribution in [0.15, 0.2) is 29.3 Å². The Balaban J connectivity index is 1.69. The fourth-order valence-corrected chi connectivity index (χ4v) is 4.57. The maximum atomic E-state index is 10.5. The highest BCUT2D eigenvalue weighted by Crippen LogP contribution is 2.39. The number of benzene rings is 1. The molecule has 0 saturated carbocycles. The van der Waals surface area contributed by atoms with E-state index in [4.69, 9.17) is 4.74 Å². The van der Waals surface area contributed by atoms with Crippen LogP contribution in [0.2, 0.25) is 0 Å². The molecule has 0 spiro atoms. The summed E-state index contributed by atoms with van der Waals surface area (Å²) in [7, 11) is 1.76. The Morgan fingerprint density at radius 2 is 2.21 bits per heavy atom. The van der Waals surface area contributed by atoms with Crippen LogP contribution >= 0.6 is 11.8 Å². The van der Waals surface area contributed by atoms with Gasteiger partial charge in [-0.3, -0.25) is 4.99 Å². The molecule has 2 aliphatic heterocycles. The second-order valence-electron chi connectivity index (χ2n) is 7.25. The first-order valence-electron chi connectivity index (χ1n) is 8.46. The lowest BCUT2D eigenvalue weighted by molar-refractivity contribution is 0.0670. The fourth-order valence-electron chi connectivity index (χ4n) is 3.27. The highest BCUT2D eigenvalue weighted by atomic mass is 32.2. The average molecular weight is 350 g/mol. The number of ether oxygens (including phenoxy) is 1. The van der Waals surface area contributed by atoms with E-state index in [1.54, 1.807) is 18.8 Å². The number of hydrogen-bond acceptors (Lipinski definition) is 4. The number of aliphatic imine (C=N–C) groups is 1. The van der Waals surface area contributed by atoms with Crippen molar-refractivity contribution in [2.45, 2.75) is 43.9 Å². The van der Waals surface area contributed by atoms with Crippen LogP contribution in [0.4, 0.5) is 0 Å². The quantitative estimate of drug-likeness (QED) is 0.577. The number of hydrogen-bond donors (Lipinski definition) is 3. The van der Waals surface area contributed by atoms with E-state index >= 15 is 0 Å². The van der Waals surface area contributed by atoms with E-state index in [-0.39, 0.29) is 11.6 Å². The normalized spacial score (nSPS) is 28.8. The molecule has 132 valence electrons. The minimum Gasteiger partial charge on any atom is -0.487 e. The Hall–Kier alpha value is -1.40. The van der Waals surface area contributed by atoms with E-state index in [0.717, 1.165) is 41.6 Å². The Morgan fingerprint density at radius 3 is 2.92 bits per heavy atom. The molecule has 0 aliphatic carbocycles. The van der Waals surface area contributed by atoms with Gasteiger partial charge in [0.2, 0.25) is 0 Å². The SMILES string of the molecule is CN=C(NCC1(O)CCSC1)NC1CC(C)(C)Oc2ccccc21. The number of nitrogens with one attached hydrogen (secondary N) is 2. The lowest BCUT2D eigenvalue weighted by Crippen LogP contribution is -2.49. The summed E-state index contributed by atoms with van der Waals surface area (Å²) in [5.41, 5.74) is 0.287. The summed E-state index contributed by atoms with van der Waals surface area (Å²) in [5.74, 6) is 3.45. The van der Waals surface area contributed by atoms with Crippen LogP contribution in [0, 0.1) is 0 Å². The van der Waals surface area contributed by atoms with E-state index in [0.29, 0.717) is 6.54 Å². The van der Waals surface area contributed by atoms with Gasteiger partial charge in [-0.2, -0.15) is 11.8 Å². The molecule has 6 heteroatoms. The Labute approximate surface area is 148 Å². The Bertz CT molecular complexity index is 612. The van der Waals surface area contributed by atoms with Crippen molar-refractivity contribution in [3.63, 3.8) is 0 Å². The summed E-state index contributed by atoms with van der Waals surface area (Å²) in [4.78, 5) is 4.33. The maximum Gasteiger partial charge on any atom is 0.191 e. The van der Waals surface area contributed by atoms with Gasteiger partial charge in [-0.25, -0.2) is 0 Å². The van der Waals surface area contributed by atoms with Gasteiger partial charge in [0.1, 0.15) is 11.4 Å². The van der Waals surface area contributed by atoms with Crippen molar-refractivity contribution in [1.82, 2.24) is 10.6 Å². The van der Waals surface area contributed by atoms with Crippen molar-refractivity contribution in [1.29, 1.82) is 0 Å². The molecule has 3 rings (SSSR count). The Kier molecular flexibility index (Phi) is 4.97. The highest BCUT2D eigenvalue weighted by Gasteiger charge is 2.35. The molecule has 0 amide bonds. The van der Waals surface area contributed by atoms with E-state index in [1.165, 1.54) is 0 Å². The van der Waals surface area contributed by atoms with E-state index < -0.39 is 5.60 Å². The molecule has 0 aromatic heterocycles. The molecule has 0 radical (unpaired) electrons. The average Bonchev–Trinajstić information content (AvgIpc) is 2.97. The van der Waals surface area contributed by atoms with E-state index in [1.807, 2.05) is 18.2 Å². The molecule has 2 unspecified atom stereocenters. The van der Waals surface area contributed by atoms with Gasteiger partial charge in [0.25, 0.3) is 0 Å². The second-order valence-corrected chi connectivity index (χ2v) is 8.36. The monoisotopic (exact) mass is 349 g/mol. The zero-order valence-electron chi connectivity index (χ0n) is 14.6. The third kappa shape index (κ3) is 3.98. The lowest BCUT2D eigenvalue weighted by Gasteiger charge is -2.38. The van der Waals surface area contributed by atoms with Gasteiger partial charge in [0.05, 0.1) is 11.6 Å². The van der Waals surface area contributed by atoms with E-state index in [9.17, 15) is 5.11 Å². The minimum absolute atomic E-state index is 0.128. The van der Waals surface area contributed by atoms with Crippen molar-refractivity contribution in [3.8, 4) is 5.75 Å². The molecule has 2 heterocycles. The largest absolute Gasteiger partial charge is 0.487 e. The molecule has 2 aliphatic rings. The van der Waals surface area contributed by atoms with Crippen molar-refractivity contribution in [2.24, 2.45) is 4.99 Å². The van der Waals surface area contributed by atoms with Crippen LogP contribution in [-0.2, 0) is 0 Å². The standard InChI is InChI=1S/C18H27N3O2S/c1-17(2)10-14(13-6-4-5-7-15(13)23-17)21-16(19-3)20-11-18(22)8-9-24-12-18/h4-7,14,22H,8-12H2,1-3H3,(H2,19,20,21). The van der Waals surface area contributed by atoms with Gasteiger partial charge >= 0.3 is 0 Å². The van der Waals surface area contributed by atoms with Crippen LogP contribution in [0.3, 0.4) is 0 Å². The number of rotatable bonds is 3. The van der Waals surface area contributed by atoms with Gasteiger partial charge in [-0.15, -0.1) is 0 Å². The van der Waals surface area contributed by atoms with Gasteiger partial charge in [-0.05, 0) is 32.1 Å². The summed E-state index contributed by atoms with van der Waals surface area (Å²) in [5, 5.41) is 17.3. The molecule has 0 bridgehead atoms. The smallest absolute Gasteiger partial charge is 0.191 e. The number of aliphatic hydroxyl groups is 1. The first kappa shape index (κ1) is 17.4. The highest BCUT2D eigenvalue weighted by molar-refractivity contribution is 7.99.